The molecular weight excluding hydrogens is 402 g/mol. The minimum atomic E-state index is -0.661. The molecule has 0 unspecified atom stereocenters. The average Bonchev–Trinajstić information content (AvgIpc) is 3.04. The molecule has 2 heterocycles. The van der Waals surface area contributed by atoms with Crippen LogP contribution in [-0.4, -0.2) is 58.1 Å². The zero-order valence-corrected chi connectivity index (χ0v) is 16.6. The summed E-state index contributed by atoms with van der Waals surface area (Å²) in [4.78, 5) is 44.5. The Balaban J connectivity index is 2.09. The van der Waals surface area contributed by atoms with Gasteiger partial charge in [0.15, 0.2) is 10.8 Å². The van der Waals surface area contributed by atoms with Crippen LogP contribution in [0.15, 0.2) is 10.5 Å². The molecule has 2 atom stereocenters. The zero-order chi connectivity index (χ0) is 19.3. The van der Waals surface area contributed by atoms with E-state index in [-0.39, 0.29) is 33.7 Å². The van der Waals surface area contributed by atoms with E-state index < -0.39 is 17.9 Å². The van der Waals surface area contributed by atoms with E-state index in [1.165, 1.54) is 18.9 Å². The first-order chi connectivity index (χ1) is 12.3. The molecule has 1 aromatic heterocycles. The van der Waals surface area contributed by atoms with Crippen LogP contribution in [0.3, 0.4) is 0 Å². The maximum absolute atomic E-state index is 12.5. The third-order valence-corrected chi connectivity index (χ3v) is 5.32. The highest BCUT2D eigenvalue weighted by atomic mass is 35.5. The molecule has 3 amide bonds. The van der Waals surface area contributed by atoms with Crippen molar-refractivity contribution in [2.75, 3.05) is 18.3 Å². The maximum atomic E-state index is 12.5. The highest BCUT2D eigenvalue weighted by Gasteiger charge is 2.42. The Bertz CT molecular complexity index is 724. The first-order valence-electron chi connectivity index (χ1n) is 7.55. The van der Waals surface area contributed by atoms with Crippen LogP contribution in [0.25, 0.3) is 0 Å². The molecule has 1 saturated heterocycles. The van der Waals surface area contributed by atoms with Gasteiger partial charge in [-0.1, -0.05) is 19.0 Å². The van der Waals surface area contributed by atoms with Gasteiger partial charge in [-0.15, -0.1) is 34.7 Å². The van der Waals surface area contributed by atoms with Gasteiger partial charge in [0.1, 0.15) is 30.1 Å². The van der Waals surface area contributed by atoms with Crippen LogP contribution in [0.4, 0.5) is 5.13 Å². The van der Waals surface area contributed by atoms with E-state index in [0.717, 1.165) is 11.3 Å². The molecule has 142 valence electrons. The number of hydrogen-bond acceptors (Lipinski definition) is 8. The summed E-state index contributed by atoms with van der Waals surface area (Å²) < 4.78 is 0. The number of carbonyl (C=O) groups excluding carboxylic acids is 3. The lowest BCUT2D eigenvalue weighted by molar-refractivity contribution is -0.132. The van der Waals surface area contributed by atoms with E-state index >= 15 is 0 Å². The predicted molar refractivity (Wildman–Crippen MR) is 102 cm³/mol. The number of carbonyl (C=O) groups is 3. The van der Waals surface area contributed by atoms with Gasteiger partial charge in [-0.2, -0.15) is 0 Å². The van der Waals surface area contributed by atoms with Gasteiger partial charge in [-0.25, -0.2) is 4.98 Å². The molecule has 0 bridgehead atoms. The third-order valence-electron chi connectivity index (χ3n) is 3.09. The van der Waals surface area contributed by atoms with Crippen LogP contribution in [0, 0.1) is 0 Å². The van der Waals surface area contributed by atoms with Crippen molar-refractivity contribution in [3.8, 4) is 0 Å². The number of thioether (sulfide) groups is 1. The van der Waals surface area contributed by atoms with E-state index in [4.69, 9.17) is 16.4 Å². The first-order valence-corrected chi connectivity index (χ1v) is 9.91. The lowest BCUT2D eigenvalue weighted by Crippen LogP contribution is -2.68. The van der Waals surface area contributed by atoms with Crippen LogP contribution in [0.5, 0.6) is 0 Å². The summed E-state index contributed by atoms with van der Waals surface area (Å²) in [7, 11) is 1.29. The number of thiazole rings is 1. The number of oxime groups is 1. The number of hydrogen-bond donors (Lipinski definition) is 3. The molecule has 1 fully saturated rings. The average molecular weight is 420 g/mol. The van der Waals surface area contributed by atoms with Gasteiger partial charge < -0.3 is 20.8 Å². The Kier molecular flexibility index (Phi) is 7.23. The second kappa shape index (κ2) is 9.19. The van der Waals surface area contributed by atoms with E-state index in [0.29, 0.717) is 5.25 Å². The van der Waals surface area contributed by atoms with E-state index in [1.807, 2.05) is 13.8 Å². The highest BCUT2D eigenvalue weighted by molar-refractivity contribution is 8.00. The second-order valence-electron chi connectivity index (χ2n) is 5.41. The molecule has 0 saturated carbocycles. The normalized spacial score (nSPS) is 19.6. The Labute approximate surface area is 163 Å². The number of nitrogens with one attached hydrogen (secondary N) is 3. The summed E-state index contributed by atoms with van der Waals surface area (Å²) in [5.41, 5.74) is 0.120. The third kappa shape index (κ3) is 5.08. The van der Waals surface area contributed by atoms with Crippen molar-refractivity contribution in [3.63, 3.8) is 0 Å². The number of anilines is 1. The predicted octanol–water partition coefficient (Wildman–Crippen LogP) is 0.753. The number of halogens is 1. The van der Waals surface area contributed by atoms with Crippen molar-refractivity contribution in [3.05, 3.63) is 11.1 Å². The molecule has 12 heteroatoms. The van der Waals surface area contributed by atoms with E-state index in [2.05, 4.69) is 26.1 Å². The molecule has 0 spiro atoms. The summed E-state index contributed by atoms with van der Waals surface area (Å²) in [5, 5.41) is 13.5. The van der Waals surface area contributed by atoms with Crippen LogP contribution in [0.2, 0.25) is 0 Å². The van der Waals surface area contributed by atoms with Crippen molar-refractivity contribution in [1.29, 1.82) is 0 Å². The van der Waals surface area contributed by atoms with Gasteiger partial charge in [0, 0.05) is 10.6 Å². The molecule has 0 aliphatic carbocycles. The number of β-lactam (4-membered cyclic amide) rings is 1. The van der Waals surface area contributed by atoms with Gasteiger partial charge in [-0.05, 0) is 0 Å². The molecule has 1 aromatic rings. The Morgan fingerprint density at radius 2 is 2.27 bits per heavy atom. The smallest absolute Gasteiger partial charge is 0.276 e. The van der Waals surface area contributed by atoms with E-state index in [1.54, 1.807) is 5.38 Å². The largest absolute Gasteiger partial charge is 0.398 e. The topological polar surface area (TPSA) is 122 Å². The summed E-state index contributed by atoms with van der Waals surface area (Å²) >= 11 is 8.08. The number of nitrogens with zero attached hydrogens (tertiary/aromatic N) is 2. The maximum Gasteiger partial charge on any atom is 0.276 e. The molecule has 0 aromatic carbocycles. The standard InChI is InChI=1S/C14H18ClN5O4S2/c1-6(2)26-13-10(12(23)19-13)18-11(22)9(20-24-3)7-5-25-14(16-7)17-8(21)4-15/h5-6,10,13H,4H2,1-3H3,(H,18,22)(H,19,23)(H,16,17,21)/b20-9-/t10-,13-/m1/s1. The molecule has 1 aliphatic rings. The number of aromatic nitrogens is 1. The monoisotopic (exact) mass is 419 g/mol. The second-order valence-corrected chi connectivity index (χ2v) is 8.26. The Hall–Kier alpha value is -1.85. The van der Waals surface area contributed by atoms with Crippen LogP contribution >= 0.6 is 34.7 Å². The van der Waals surface area contributed by atoms with Crippen LogP contribution in [0.1, 0.15) is 19.5 Å². The lowest BCUT2D eigenvalue weighted by Gasteiger charge is -2.37. The highest BCUT2D eigenvalue weighted by Crippen LogP contribution is 2.24. The van der Waals surface area contributed by atoms with Gasteiger partial charge in [-0.3, -0.25) is 14.4 Å². The minimum Gasteiger partial charge on any atom is -0.398 e. The molecular formula is C14H18ClN5O4S2. The van der Waals surface area contributed by atoms with Crippen molar-refractivity contribution < 1.29 is 19.2 Å². The fraction of sp³-hybridized carbons (Fsp3) is 0.500. The van der Waals surface area contributed by atoms with Crippen LogP contribution < -0.4 is 16.0 Å². The van der Waals surface area contributed by atoms with Gasteiger partial charge in [0.05, 0.1) is 0 Å². The van der Waals surface area contributed by atoms with Crippen LogP contribution in [-0.2, 0) is 19.2 Å². The fourth-order valence-corrected chi connectivity index (χ4v) is 3.90. The number of alkyl halides is 1. The molecule has 1 aliphatic heterocycles. The van der Waals surface area contributed by atoms with Crippen molar-refractivity contribution in [1.82, 2.24) is 15.6 Å². The van der Waals surface area contributed by atoms with E-state index in [9.17, 15) is 14.4 Å². The molecule has 3 N–H and O–H groups in total. The number of rotatable bonds is 8. The van der Waals surface area contributed by atoms with Crippen molar-refractivity contribution >= 4 is 63.3 Å². The minimum absolute atomic E-state index is 0.0943. The fourth-order valence-electron chi connectivity index (χ4n) is 2.00. The summed E-state index contributed by atoms with van der Waals surface area (Å²) in [5.74, 6) is -1.48. The first kappa shape index (κ1) is 20.5. The Morgan fingerprint density at radius 3 is 2.85 bits per heavy atom. The molecule has 26 heavy (non-hydrogen) atoms. The quantitative estimate of drug-likeness (QED) is 0.247. The van der Waals surface area contributed by atoms with Crippen molar-refractivity contribution in [2.45, 2.75) is 30.5 Å². The van der Waals surface area contributed by atoms with Gasteiger partial charge >= 0.3 is 0 Å². The summed E-state index contributed by atoms with van der Waals surface area (Å²) in [6.07, 6.45) is 0. The summed E-state index contributed by atoms with van der Waals surface area (Å²) in [6.45, 7) is 4.00. The summed E-state index contributed by atoms with van der Waals surface area (Å²) in [6, 6.07) is -0.661. The van der Waals surface area contributed by atoms with Gasteiger partial charge in [0.2, 0.25) is 11.8 Å². The molecule has 2 rings (SSSR count). The van der Waals surface area contributed by atoms with Crippen molar-refractivity contribution in [2.24, 2.45) is 5.16 Å². The SMILES string of the molecule is CO/N=C(\C(=O)N[C@@H]1C(=O)N[C@@H]1SC(C)C)c1csc(NC(=O)CCl)n1. The lowest BCUT2D eigenvalue weighted by atomic mass is 10.1. The van der Waals surface area contributed by atoms with Gasteiger partial charge in [0.25, 0.3) is 5.91 Å². The molecule has 0 radical (unpaired) electrons. The zero-order valence-electron chi connectivity index (χ0n) is 14.2. The Morgan fingerprint density at radius 1 is 1.54 bits per heavy atom. The molecule has 9 nitrogen and oxygen atoms in total. The number of amides is 3.